The van der Waals surface area contributed by atoms with Gasteiger partial charge >= 0.3 is 0 Å². The van der Waals surface area contributed by atoms with E-state index in [9.17, 15) is 0 Å². The molecule has 2 aromatic rings. The molecular formula is C18H26N4. The van der Waals surface area contributed by atoms with Gasteiger partial charge in [0, 0.05) is 13.1 Å². The van der Waals surface area contributed by atoms with Gasteiger partial charge in [0.1, 0.15) is 11.6 Å². The first kappa shape index (κ1) is 15.2. The lowest BCUT2D eigenvalue weighted by Gasteiger charge is -2.32. The smallest absolute Gasteiger partial charge is 0.146 e. The van der Waals surface area contributed by atoms with Crippen LogP contribution in [0.4, 0.5) is 0 Å². The second-order valence-corrected chi connectivity index (χ2v) is 6.44. The van der Waals surface area contributed by atoms with Gasteiger partial charge in [0.25, 0.3) is 0 Å². The van der Waals surface area contributed by atoms with Crippen molar-refractivity contribution in [3.8, 4) is 0 Å². The number of rotatable bonds is 5. The summed E-state index contributed by atoms with van der Waals surface area (Å²) in [7, 11) is 2.04. The van der Waals surface area contributed by atoms with Gasteiger partial charge in [-0.2, -0.15) is 0 Å². The number of benzene rings is 1. The average Bonchev–Trinajstić information content (AvgIpc) is 2.87. The Labute approximate surface area is 133 Å². The standard InChI is InChI=1S/C18H26N4/c1-14-20-21-18(22(14)2)13-19-17-11-7-6-10-16(17)12-15-8-4-3-5-9-15/h3-5,8-9,16-17,19H,6-7,10-13H2,1-2H3/t16-,17+/m1/s1. The van der Waals surface area contributed by atoms with Crippen LogP contribution >= 0.6 is 0 Å². The van der Waals surface area contributed by atoms with Crippen molar-refractivity contribution in [1.82, 2.24) is 20.1 Å². The molecule has 1 fully saturated rings. The summed E-state index contributed by atoms with van der Waals surface area (Å²) >= 11 is 0. The van der Waals surface area contributed by atoms with Crippen LogP contribution in [0.25, 0.3) is 0 Å². The van der Waals surface area contributed by atoms with Gasteiger partial charge in [-0.3, -0.25) is 0 Å². The number of aryl methyl sites for hydroxylation is 1. The van der Waals surface area contributed by atoms with E-state index < -0.39 is 0 Å². The lowest BCUT2D eigenvalue weighted by Crippen LogP contribution is -2.39. The monoisotopic (exact) mass is 298 g/mol. The molecule has 0 aliphatic heterocycles. The minimum absolute atomic E-state index is 0.589. The fourth-order valence-electron chi connectivity index (χ4n) is 3.46. The summed E-state index contributed by atoms with van der Waals surface area (Å²) in [5, 5.41) is 12.1. The van der Waals surface area contributed by atoms with Crippen molar-refractivity contribution in [3.05, 3.63) is 47.5 Å². The third-order valence-electron chi connectivity index (χ3n) is 4.95. The molecule has 1 heterocycles. The molecule has 1 aliphatic rings. The first-order chi connectivity index (χ1) is 10.7. The first-order valence-corrected chi connectivity index (χ1v) is 8.36. The van der Waals surface area contributed by atoms with Crippen molar-refractivity contribution in [2.75, 3.05) is 0 Å². The largest absolute Gasteiger partial charge is 0.317 e. The number of hydrogen-bond donors (Lipinski definition) is 1. The van der Waals surface area contributed by atoms with E-state index in [1.165, 1.54) is 37.7 Å². The number of hydrogen-bond acceptors (Lipinski definition) is 3. The molecule has 3 rings (SSSR count). The molecule has 2 atom stereocenters. The zero-order valence-electron chi connectivity index (χ0n) is 13.6. The van der Waals surface area contributed by atoms with E-state index in [1.807, 2.05) is 14.0 Å². The van der Waals surface area contributed by atoms with Gasteiger partial charge in [-0.05, 0) is 37.7 Å². The van der Waals surface area contributed by atoms with Gasteiger partial charge < -0.3 is 9.88 Å². The number of aromatic nitrogens is 3. The fourth-order valence-corrected chi connectivity index (χ4v) is 3.46. The van der Waals surface area contributed by atoms with E-state index in [2.05, 4.69) is 50.4 Å². The summed E-state index contributed by atoms with van der Waals surface area (Å²) in [6, 6.07) is 11.5. The molecule has 0 saturated heterocycles. The van der Waals surface area contributed by atoms with Crippen molar-refractivity contribution in [3.63, 3.8) is 0 Å². The van der Waals surface area contributed by atoms with Crippen molar-refractivity contribution >= 4 is 0 Å². The Hall–Kier alpha value is -1.68. The predicted molar refractivity (Wildman–Crippen MR) is 88.5 cm³/mol. The van der Waals surface area contributed by atoms with Gasteiger partial charge in [0.15, 0.2) is 0 Å². The molecule has 4 nitrogen and oxygen atoms in total. The zero-order chi connectivity index (χ0) is 15.4. The third kappa shape index (κ3) is 3.55. The molecule has 4 heteroatoms. The SMILES string of the molecule is Cc1nnc(CN[C@H]2CCCC[C@@H]2Cc2ccccc2)n1C. The van der Waals surface area contributed by atoms with Gasteiger partial charge in [-0.15, -0.1) is 10.2 Å². The minimum Gasteiger partial charge on any atom is -0.317 e. The van der Waals surface area contributed by atoms with Crippen LogP contribution < -0.4 is 5.32 Å². The molecule has 1 saturated carbocycles. The molecule has 118 valence electrons. The summed E-state index contributed by atoms with van der Waals surface area (Å²) in [6.45, 7) is 2.81. The Morgan fingerprint density at radius 1 is 1.14 bits per heavy atom. The molecule has 1 aromatic heterocycles. The molecule has 0 spiro atoms. The maximum absolute atomic E-state index is 4.26. The Balaban J connectivity index is 1.61. The van der Waals surface area contributed by atoms with E-state index in [0.29, 0.717) is 6.04 Å². The van der Waals surface area contributed by atoms with E-state index >= 15 is 0 Å². The molecule has 0 unspecified atom stereocenters. The van der Waals surface area contributed by atoms with E-state index in [4.69, 9.17) is 0 Å². The second-order valence-electron chi connectivity index (χ2n) is 6.44. The number of nitrogens with zero attached hydrogens (tertiary/aromatic N) is 3. The van der Waals surface area contributed by atoms with Crippen LogP contribution in [-0.2, 0) is 20.0 Å². The first-order valence-electron chi connectivity index (χ1n) is 8.36. The summed E-state index contributed by atoms with van der Waals surface area (Å²) in [6.07, 6.45) is 6.47. The Kier molecular flexibility index (Phi) is 4.88. The quantitative estimate of drug-likeness (QED) is 0.922. The number of nitrogens with one attached hydrogen (secondary N) is 1. The van der Waals surface area contributed by atoms with Crippen LogP contribution in [-0.4, -0.2) is 20.8 Å². The summed E-state index contributed by atoms with van der Waals surface area (Å²) in [5.74, 6) is 2.73. The fraction of sp³-hybridized carbons (Fsp3) is 0.556. The van der Waals surface area contributed by atoms with E-state index in [0.717, 1.165) is 24.1 Å². The van der Waals surface area contributed by atoms with Crippen LogP contribution in [0, 0.1) is 12.8 Å². The van der Waals surface area contributed by atoms with Gasteiger partial charge in [-0.1, -0.05) is 43.2 Å². The zero-order valence-corrected chi connectivity index (χ0v) is 13.6. The maximum Gasteiger partial charge on any atom is 0.146 e. The molecule has 1 aliphatic carbocycles. The topological polar surface area (TPSA) is 42.7 Å². The van der Waals surface area contributed by atoms with Crippen molar-refractivity contribution in [1.29, 1.82) is 0 Å². The Morgan fingerprint density at radius 2 is 1.91 bits per heavy atom. The van der Waals surface area contributed by atoms with Gasteiger partial charge in [0.05, 0.1) is 6.54 Å². The third-order valence-corrected chi connectivity index (χ3v) is 4.95. The molecule has 1 N–H and O–H groups in total. The lowest BCUT2D eigenvalue weighted by atomic mass is 9.80. The lowest BCUT2D eigenvalue weighted by molar-refractivity contribution is 0.257. The Morgan fingerprint density at radius 3 is 2.64 bits per heavy atom. The molecule has 0 amide bonds. The normalized spacial score (nSPS) is 21.9. The van der Waals surface area contributed by atoms with Crippen LogP contribution in [0.1, 0.15) is 42.9 Å². The highest BCUT2D eigenvalue weighted by molar-refractivity contribution is 5.15. The van der Waals surface area contributed by atoms with Crippen molar-refractivity contribution < 1.29 is 0 Å². The highest BCUT2D eigenvalue weighted by Crippen LogP contribution is 2.27. The van der Waals surface area contributed by atoms with Crippen LogP contribution in [0.5, 0.6) is 0 Å². The summed E-state index contributed by atoms with van der Waals surface area (Å²) in [4.78, 5) is 0. The van der Waals surface area contributed by atoms with Crippen LogP contribution in [0.2, 0.25) is 0 Å². The van der Waals surface area contributed by atoms with Crippen molar-refractivity contribution in [2.45, 2.75) is 51.6 Å². The highest BCUT2D eigenvalue weighted by Gasteiger charge is 2.25. The molecule has 22 heavy (non-hydrogen) atoms. The summed E-state index contributed by atoms with van der Waals surface area (Å²) in [5.41, 5.74) is 1.45. The molecular weight excluding hydrogens is 272 g/mol. The van der Waals surface area contributed by atoms with E-state index in [-0.39, 0.29) is 0 Å². The van der Waals surface area contributed by atoms with E-state index in [1.54, 1.807) is 0 Å². The molecule has 0 radical (unpaired) electrons. The van der Waals surface area contributed by atoms with Crippen LogP contribution in [0.15, 0.2) is 30.3 Å². The van der Waals surface area contributed by atoms with Crippen LogP contribution in [0.3, 0.4) is 0 Å². The Bertz CT molecular complexity index is 590. The van der Waals surface area contributed by atoms with Gasteiger partial charge in [0.2, 0.25) is 0 Å². The average molecular weight is 298 g/mol. The molecule has 0 bridgehead atoms. The maximum atomic E-state index is 4.26. The van der Waals surface area contributed by atoms with Gasteiger partial charge in [-0.25, -0.2) is 0 Å². The second kappa shape index (κ2) is 7.05. The minimum atomic E-state index is 0.589. The summed E-state index contributed by atoms with van der Waals surface area (Å²) < 4.78 is 2.07. The highest BCUT2D eigenvalue weighted by atomic mass is 15.3. The predicted octanol–water partition coefficient (Wildman–Crippen LogP) is 3.01. The van der Waals surface area contributed by atoms with Crippen molar-refractivity contribution in [2.24, 2.45) is 13.0 Å². The molecule has 1 aromatic carbocycles.